The van der Waals surface area contributed by atoms with Gasteiger partial charge in [-0.3, -0.25) is 0 Å². The molecule has 0 radical (unpaired) electrons. The number of aliphatic hydroxyl groups is 1. The third kappa shape index (κ3) is 3.63. The molecule has 1 aromatic heterocycles. The fourth-order valence-electron chi connectivity index (χ4n) is 4.94. The van der Waals surface area contributed by atoms with Crippen molar-refractivity contribution in [3.8, 4) is 11.3 Å². The van der Waals surface area contributed by atoms with E-state index in [-0.39, 0.29) is 12.0 Å². The van der Waals surface area contributed by atoms with Crippen molar-refractivity contribution in [1.82, 2.24) is 9.97 Å². The number of hydrogen-bond donors (Lipinski definition) is 2. The number of nitrogens with zero attached hydrogens (tertiary/aromatic N) is 3. The third-order valence-electron chi connectivity index (χ3n) is 6.84. The number of aromatic nitrogens is 2. The van der Waals surface area contributed by atoms with Crippen LogP contribution in [0.5, 0.6) is 0 Å². The number of hydrogen-bond acceptors (Lipinski definition) is 5. The van der Waals surface area contributed by atoms with Crippen molar-refractivity contribution in [1.29, 1.82) is 0 Å². The van der Waals surface area contributed by atoms with Gasteiger partial charge in [0.25, 0.3) is 0 Å². The summed E-state index contributed by atoms with van der Waals surface area (Å²) in [4.78, 5) is 11.8. The average molecular weight is 435 g/mol. The molecule has 156 valence electrons. The Morgan fingerprint density at radius 3 is 2.48 bits per heavy atom. The molecule has 7 heteroatoms. The molecule has 1 aromatic carbocycles. The Kier molecular flexibility index (Phi) is 5.77. The van der Waals surface area contributed by atoms with E-state index in [0.29, 0.717) is 27.5 Å². The van der Waals surface area contributed by atoms with Crippen LogP contribution < -0.4 is 10.6 Å². The Balaban J connectivity index is 1.65. The summed E-state index contributed by atoms with van der Waals surface area (Å²) < 4.78 is 0. The SMILES string of the molecule is Cc1ccc(-c2nc(CO)c(N3CCC4(CCC[C@H]4N)CC3)nc2C)c(Cl)c1Cl. The zero-order valence-electron chi connectivity index (χ0n) is 17.0. The second kappa shape index (κ2) is 8.03. The molecule has 1 atom stereocenters. The molecule has 29 heavy (non-hydrogen) atoms. The lowest BCUT2D eigenvalue weighted by molar-refractivity contribution is 0.196. The number of rotatable bonds is 3. The van der Waals surface area contributed by atoms with Crippen molar-refractivity contribution in [2.75, 3.05) is 18.0 Å². The van der Waals surface area contributed by atoms with E-state index in [0.717, 1.165) is 55.0 Å². The normalized spacial score (nSPS) is 21.2. The summed E-state index contributed by atoms with van der Waals surface area (Å²) in [5.41, 5.74) is 10.4. The summed E-state index contributed by atoms with van der Waals surface area (Å²) in [7, 11) is 0. The van der Waals surface area contributed by atoms with Gasteiger partial charge in [-0.1, -0.05) is 41.8 Å². The molecule has 5 nitrogen and oxygen atoms in total. The van der Waals surface area contributed by atoms with Gasteiger partial charge in [0.1, 0.15) is 5.69 Å². The highest BCUT2D eigenvalue weighted by Crippen LogP contribution is 2.46. The molecule has 1 aliphatic carbocycles. The van der Waals surface area contributed by atoms with Crippen molar-refractivity contribution < 1.29 is 5.11 Å². The molecule has 1 aliphatic heterocycles. The summed E-state index contributed by atoms with van der Waals surface area (Å²) in [6, 6.07) is 4.14. The van der Waals surface area contributed by atoms with Gasteiger partial charge in [-0.2, -0.15) is 0 Å². The highest BCUT2D eigenvalue weighted by Gasteiger charge is 2.43. The van der Waals surface area contributed by atoms with Gasteiger partial charge in [-0.05, 0) is 50.5 Å². The number of anilines is 1. The van der Waals surface area contributed by atoms with E-state index in [4.69, 9.17) is 38.9 Å². The number of piperidine rings is 1. The standard InChI is InChI=1S/C22H28Cl2N4O/c1-13-5-6-15(19(24)18(13)23)20-14(2)26-21(16(12-29)27-20)28-10-8-22(9-11-28)7-3-4-17(22)25/h5-6,17,29H,3-4,7-12,25H2,1-2H3/t17-/m1/s1. The minimum absolute atomic E-state index is 0.173. The summed E-state index contributed by atoms with van der Waals surface area (Å²) in [5.74, 6) is 0.768. The van der Waals surface area contributed by atoms with Crippen molar-refractivity contribution in [3.63, 3.8) is 0 Å². The molecule has 1 saturated heterocycles. The quantitative estimate of drug-likeness (QED) is 0.734. The molecular weight excluding hydrogens is 407 g/mol. The zero-order valence-corrected chi connectivity index (χ0v) is 18.5. The van der Waals surface area contributed by atoms with Gasteiger partial charge in [0, 0.05) is 24.7 Å². The van der Waals surface area contributed by atoms with Crippen LogP contribution in [0.15, 0.2) is 12.1 Å². The molecule has 1 saturated carbocycles. The van der Waals surface area contributed by atoms with Crippen LogP contribution in [0, 0.1) is 19.3 Å². The van der Waals surface area contributed by atoms with E-state index < -0.39 is 0 Å². The van der Waals surface area contributed by atoms with Crippen LogP contribution in [0.4, 0.5) is 5.82 Å². The van der Waals surface area contributed by atoms with Crippen LogP contribution in [0.1, 0.15) is 49.1 Å². The largest absolute Gasteiger partial charge is 0.390 e. The lowest BCUT2D eigenvalue weighted by Gasteiger charge is -2.42. The van der Waals surface area contributed by atoms with Crippen LogP contribution in [0.3, 0.4) is 0 Å². The van der Waals surface area contributed by atoms with Crippen LogP contribution in [0.2, 0.25) is 10.0 Å². The first-order valence-corrected chi connectivity index (χ1v) is 11.1. The molecule has 2 aromatic rings. The monoisotopic (exact) mass is 434 g/mol. The first-order valence-electron chi connectivity index (χ1n) is 10.3. The van der Waals surface area contributed by atoms with Gasteiger partial charge in [0.05, 0.1) is 28.0 Å². The van der Waals surface area contributed by atoms with Crippen molar-refractivity contribution in [2.24, 2.45) is 11.1 Å². The maximum absolute atomic E-state index is 10.0. The van der Waals surface area contributed by atoms with Crippen molar-refractivity contribution in [2.45, 2.75) is 58.6 Å². The highest BCUT2D eigenvalue weighted by atomic mass is 35.5. The molecule has 2 fully saturated rings. The van der Waals surface area contributed by atoms with Crippen LogP contribution >= 0.6 is 23.2 Å². The Bertz CT molecular complexity index is 926. The minimum atomic E-state index is -0.173. The maximum Gasteiger partial charge on any atom is 0.153 e. The summed E-state index contributed by atoms with van der Waals surface area (Å²) in [5, 5.41) is 11.0. The van der Waals surface area contributed by atoms with E-state index in [9.17, 15) is 5.11 Å². The van der Waals surface area contributed by atoms with Crippen molar-refractivity contribution >= 4 is 29.0 Å². The van der Waals surface area contributed by atoms with Crippen LogP contribution in [-0.2, 0) is 6.61 Å². The van der Waals surface area contributed by atoms with Crippen LogP contribution in [0.25, 0.3) is 11.3 Å². The Morgan fingerprint density at radius 2 is 1.86 bits per heavy atom. The van der Waals surface area contributed by atoms with E-state index in [2.05, 4.69) is 4.90 Å². The van der Waals surface area contributed by atoms with E-state index >= 15 is 0 Å². The van der Waals surface area contributed by atoms with E-state index in [1.54, 1.807) is 0 Å². The molecule has 1 spiro atoms. The molecule has 3 N–H and O–H groups in total. The maximum atomic E-state index is 10.0. The summed E-state index contributed by atoms with van der Waals surface area (Å²) >= 11 is 12.8. The number of nitrogens with two attached hydrogens (primary N) is 1. The van der Waals surface area contributed by atoms with E-state index in [1.165, 1.54) is 12.8 Å². The topological polar surface area (TPSA) is 75.3 Å². The van der Waals surface area contributed by atoms with Crippen molar-refractivity contribution in [3.05, 3.63) is 39.1 Å². The Hall–Kier alpha value is -1.40. The first kappa shape index (κ1) is 20.9. The molecule has 2 heterocycles. The fourth-order valence-corrected chi connectivity index (χ4v) is 5.40. The molecular formula is C22H28Cl2N4O. The second-order valence-corrected chi connectivity index (χ2v) is 9.25. The van der Waals surface area contributed by atoms with Gasteiger partial charge in [-0.15, -0.1) is 0 Å². The van der Waals surface area contributed by atoms with E-state index in [1.807, 2.05) is 26.0 Å². The van der Waals surface area contributed by atoms with Gasteiger partial charge in [-0.25, -0.2) is 9.97 Å². The number of benzene rings is 1. The van der Waals surface area contributed by atoms with Gasteiger partial charge in [0.2, 0.25) is 0 Å². The summed E-state index contributed by atoms with van der Waals surface area (Å²) in [6.45, 7) is 5.46. The molecule has 0 amide bonds. The Morgan fingerprint density at radius 1 is 1.14 bits per heavy atom. The first-order chi connectivity index (χ1) is 13.9. The molecule has 0 bridgehead atoms. The molecule has 4 rings (SSSR count). The average Bonchev–Trinajstić information content (AvgIpc) is 3.07. The lowest BCUT2D eigenvalue weighted by Crippen LogP contribution is -2.47. The second-order valence-electron chi connectivity index (χ2n) is 8.49. The zero-order chi connectivity index (χ0) is 20.8. The predicted octanol–water partition coefficient (Wildman–Crippen LogP) is 4.66. The summed E-state index contributed by atoms with van der Waals surface area (Å²) in [6.07, 6.45) is 5.74. The molecule has 0 unspecified atom stereocenters. The minimum Gasteiger partial charge on any atom is -0.390 e. The third-order valence-corrected chi connectivity index (χ3v) is 7.81. The highest BCUT2D eigenvalue weighted by molar-refractivity contribution is 6.44. The number of aliphatic hydroxyl groups excluding tert-OH is 1. The predicted molar refractivity (Wildman–Crippen MR) is 119 cm³/mol. The van der Waals surface area contributed by atoms with Gasteiger partial charge in [0.15, 0.2) is 5.82 Å². The van der Waals surface area contributed by atoms with Gasteiger partial charge >= 0.3 is 0 Å². The Labute approximate surface area is 182 Å². The molecule has 2 aliphatic rings. The smallest absolute Gasteiger partial charge is 0.153 e. The van der Waals surface area contributed by atoms with Crippen LogP contribution in [-0.4, -0.2) is 34.2 Å². The number of halogens is 2. The lowest BCUT2D eigenvalue weighted by atomic mass is 9.74. The van der Waals surface area contributed by atoms with Gasteiger partial charge < -0.3 is 15.7 Å². The number of aryl methyl sites for hydroxylation is 2. The fraction of sp³-hybridized carbons (Fsp3) is 0.545.